The number of nitrogens with zero attached hydrogens (tertiary/aromatic N) is 3. The summed E-state index contributed by atoms with van der Waals surface area (Å²) in [6, 6.07) is 27.6. The molecule has 0 spiro atoms. The number of carbonyl (C=O) groups excluding carboxylic acids is 2. The van der Waals surface area contributed by atoms with Crippen LogP contribution < -0.4 is 5.32 Å². The summed E-state index contributed by atoms with van der Waals surface area (Å²) in [6.45, 7) is 1.32. The number of imidazole rings is 1. The first-order valence-electron chi connectivity index (χ1n) is 11.8. The van der Waals surface area contributed by atoms with E-state index in [9.17, 15) is 9.59 Å². The third kappa shape index (κ3) is 4.71. The summed E-state index contributed by atoms with van der Waals surface area (Å²) < 4.78 is 2.15. The largest absolute Gasteiger partial charge is 0.349 e. The van der Waals surface area contributed by atoms with Gasteiger partial charge in [-0.1, -0.05) is 48.5 Å². The van der Waals surface area contributed by atoms with Crippen LogP contribution in [0.4, 0.5) is 0 Å². The molecule has 0 saturated carbocycles. The summed E-state index contributed by atoms with van der Waals surface area (Å²) >= 11 is 0. The lowest BCUT2D eigenvalue weighted by atomic mass is 10.0. The number of nitrogens with one attached hydrogen (secondary N) is 1. The van der Waals surface area contributed by atoms with Crippen LogP contribution >= 0.6 is 0 Å². The van der Waals surface area contributed by atoms with Gasteiger partial charge < -0.3 is 10.2 Å². The maximum Gasteiger partial charge on any atom is 0.251 e. The number of amides is 2. The highest BCUT2D eigenvalue weighted by molar-refractivity contribution is 5.94. The van der Waals surface area contributed by atoms with Gasteiger partial charge in [-0.15, -0.1) is 0 Å². The minimum Gasteiger partial charge on any atom is -0.349 e. The van der Waals surface area contributed by atoms with Gasteiger partial charge in [0.1, 0.15) is 5.82 Å². The van der Waals surface area contributed by atoms with Gasteiger partial charge in [0.2, 0.25) is 5.91 Å². The molecular formula is C28H28N4O2. The van der Waals surface area contributed by atoms with Crippen LogP contribution in [0.1, 0.15) is 35.4 Å². The van der Waals surface area contributed by atoms with Crippen molar-refractivity contribution in [3.8, 4) is 5.69 Å². The van der Waals surface area contributed by atoms with Crippen molar-refractivity contribution in [2.24, 2.45) is 0 Å². The highest BCUT2D eigenvalue weighted by atomic mass is 16.2. The molecule has 0 aliphatic carbocycles. The first-order valence-corrected chi connectivity index (χ1v) is 11.8. The Morgan fingerprint density at radius 1 is 0.853 bits per heavy atom. The molecule has 0 atom stereocenters. The average molecular weight is 453 g/mol. The lowest BCUT2D eigenvalue weighted by Crippen LogP contribution is -2.46. The summed E-state index contributed by atoms with van der Waals surface area (Å²) in [5, 5.41) is 3.10. The van der Waals surface area contributed by atoms with Crippen molar-refractivity contribution < 1.29 is 9.59 Å². The van der Waals surface area contributed by atoms with Gasteiger partial charge in [-0.3, -0.25) is 14.2 Å². The van der Waals surface area contributed by atoms with Crippen LogP contribution in [0.5, 0.6) is 0 Å². The molecular weight excluding hydrogens is 424 g/mol. The second kappa shape index (κ2) is 9.91. The Morgan fingerprint density at radius 2 is 1.50 bits per heavy atom. The highest BCUT2D eigenvalue weighted by Crippen LogP contribution is 2.23. The molecule has 1 aromatic heterocycles. The maximum atomic E-state index is 13.0. The summed E-state index contributed by atoms with van der Waals surface area (Å²) in [5.41, 5.74) is 3.70. The number of aromatic nitrogens is 2. The molecule has 1 aliphatic rings. The third-order valence-electron chi connectivity index (χ3n) is 6.43. The van der Waals surface area contributed by atoms with E-state index < -0.39 is 0 Å². The summed E-state index contributed by atoms with van der Waals surface area (Å²) in [7, 11) is 0. The number of para-hydroxylation sites is 3. The molecule has 34 heavy (non-hydrogen) atoms. The fourth-order valence-corrected chi connectivity index (χ4v) is 4.62. The van der Waals surface area contributed by atoms with E-state index in [2.05, 4.69) is 28.1 Å². The number of hydrogen-bond donors (Lipinski definition) is 1. The van der Waals surface area contributed by atoms with Crippen molar-refractivity contribution in [1.82, 2.24) is 19.8 Å². The zero-order valence-corrected chi connectivity index (χ0v) is 19.1. The summed E-state index contributed by atoms with van der Waals surface area (Å²) in [6.07, 6.45) is 2.53. The lowest BCUT2D eigenvalue weighted by Gasteiger charge is -2.32. The van der Waals surface area contributed by atoms with Gasteiger partial charge in [-0.25, -0.2) is 4.98 Å². The number of fused-ring (bicyclic) bond motifs is 1. The smallest absolute Gasteiger partial charge is 0.251 e. The van der Waals surface area contributed by atoms with Crippen LogP contribution in [0, 0.1) is 0 Å². The first-order chi connectivity index (χ1) is 16.7. The monoisotopic (exact) mass is 452 g/mol. The molecule has 5 rings (SSSR count). The molecule has 4 aromatic rings. The van der Waals surface area contributed by atoms with E-state index in [1.807, 2.05) is 71.6 Å². The predicted molar refractivity (Wildman–Crippen MR) is 133 cm³/mol. The second-order valence-corrected chi connectivity index (χ2v) is 8.68. The summed E-state index contributed by atoms with van der Waals surface area (Å²) in [5.74, 6) is 0.982. The molecule has 0 radical (unpaired) electrons. The van der Waals surface area contributed by atoms with Crippen LogP contribution in [0.2, 0.25) is 0 Å². The van der Waals surface area contributed by atoms with E-state index in [1.54, 1.807) is 0 Å². The molecule has 1 N–H and O–H groups in total. The fraction of sp³-hybridized carbons (Fsp3) is 0.250. The molecule has 1 fully saturated rings. The minimum atomic E-state index is -0.0507. The van der Waals surface area contributed by atoms with Gasteiger partial charge in [0.25, 0.3) is 5.91 Å². The maximum absolute atomic E-state index is 13.0. The number of hydrogen-bond acceptors (Lipinski definition) is 3. The van der Waals surface area contributed by atoms with Gasteiger partial charge in [-0.2, -0.15) is 0 Å². The molecule has 172 valence electrons. The minimum absolute atomic E-state index is 0.0507. The van der Waals surface area contributed by atoms with E-state index in [4.69, 9.17) is 4.98 Å². The van der Waals surface area contributed by atoms with Crippen molar-refractivity contribution in [3.05, 3.63) is 96.3 Å². The van der Waals surface area contributed by atoms with Gasteiger partial charge in [0.15, 0.2) is 0 Å². The molecule has 3 aromatic carbocycles. The van der Waals surface area contributed by atoms with Gasteiger partial charge in [0.05, 0.1) is 11.0 Å². The number of likely N-dealkylation sites (tertiary alicyclic amines) is 1. The lowest BCUT2D eigenvalue weighted by molar-refractivity contribution is -0.132. The highest BCUT2D eigenvalue weighted by Gasteiger charge is 2.24. The predicted octanol–water partition coefficient (Wildman–Crippen LogP) is 4.38. The van der Waals surface area contributed by atoms with Crippen molar-refractivity contribution in [2.45, 2.75) is 31.7 Å². The molecule has 0 unspecified atom stereocenters. The van der Waals surface area contributed by atoms with Crippen molar-refractivity contribution in [2.75, 3.05) is 13.1 Å². The first kappa shape index (κ1) is 21.9. The summed E-state index contributed by atoms with van der Waals surface area (Å²) in [4.78, 5) is 32.1. The SMILES string of the molecule is O=C(NC1CCN(C(=O)CCc2nc3ccccc3n2-c2ccccc2)CC1)c1ccccc1. The van der Waals surface area contributed by atoms with E-state index in [-0.39, 0.29) is 17.9 Å². The third-order valence-corrected chi connectivity index (χ3v) is 6.43. The number of benzene rings is 3. The van der Waals surface area contributed by atoms with E-state index >= 15 is 0 Å². The topological polar surface area (TPSA) is 67.2 Å². The number of rotatable bonds is 6. The Balaban J connectivity index is 1.20. The Hall–Kier alpha value is -3.93. The van der Waals surface area contributed by atoms with Crippen LogP contribution in [-0.4, -0.2) is 45.4 Å². The quantitative estimate of drug-likeness (QED) is 0.472. The molecule has 1 saturated heterocycles. The molecule has 2 amide bonds. The molecule has 6 heteroatoms. The average Bonchev–Trinajstić information content (AvgIpc) is 3.27. The number of aryl methyl sites for hydroxylation is 1. The molecule has 0 bridgehead atoms. The Morgan fingerprint density at radius 3 is 2.24 bits per heavy atom. The molecule has 6 nitrogen and oxygen atoms in total. The Bertz CT molecular complexity index is 1280. The van der Waals surface area contributed by atoms with E-state index in [0.29, 0.717) is 31.5 Å². The van der Waals surface area contributed by atoms with E-state index in [1.165, 1.54) is 0 Å². The standard InChI is InChI=1S/C28H28N4O2/c33-27(31-19-17-22(18-20-31)29-28(34)21-9-3-1-4-10-21)16-15-26-30-24-13-7-8-14-25(24)32(26)23-11-5-2-6-12-23/h1-14,22H,15-20H2,(H,29,34). The number of carbonyl (C=O) groups is 2. The number of piperidine rings is 1. The molecule has 2 heterocycles. The van der Waals surface area contributed by atoms with Crippen molar-refractivity contribution in [3.63, 3.8) is 0 Å². The second-order valence-electron chi connectivity index (χ2n) is 8.68. The molecule has 1 aliphatic heterocycles. The zero-order chi connectivity index (χ0) is 23.3. The van der Waals surface area contributed by atoms with Gasteiger partial charge in [-0.05, 0) is 49.2 Å². The van der Waals surface area contributed by atoms with E-state index in [0.717, 1.165) is 35.4 Å². The van der Waals surface area contributed by atoms with Gasteiger partial charge >= 0.3 is 0 Å². The Kier molecular flexibility index (Phi) is 6.38. The van der Waals surface area contributed by atoms with Crippen LogP contribution in [-0.2, 0) is 11.2 Å². The normalized spacial score (nSPS) is 14.3. The van der Waals surface area contributed by atoms with Gasteiger partial charge in [0, 0.05) is 43.2 Å². The van der Waals surface area contributed by atoms with Crippen molar-refractivity contribution >= 4 is 22.8 Å². The van der Waals surface area contributed by atoms with Crippen molar-refractivity contribution in [1.29, 1.82) is 0 Å². The zero-order valence-electron chi connectivity index (χ0n) is 19.1. The Labute approximate surface area is 199 Å². The van der Waals surface area contributed by atoms with Crippen LogP contribution in [0.15, 0.2) is 84.9 Å². The fourth-order valence-electron chi connectivity index (χ4n) is 4.62. The van der Waals surface area contributed by atoms with Crippen LogP contribution in [0.3, 0.4) is 0 Å². The van der Waals surface area contributed by atoms with Crippen LogP contribution in [0.25, 0.3) is 16.7 Å².